The van der Waals surface area contributed by atoms with Crippen molar-refractivity contribution in [3.05, 3.63) is 48.5 Å². The minimum Gasteiger partial charge on any atom is -0.369 e. The highest BCUT2D eigenvalue weighted by molar-refractivity contribution is 5.90. The molecule has 0 fully saturated rings. The second kappa shape index (κ2) is 13.0. The van der Waals surface area contributed by atoms with E-state index >= 15 is 0 Å². The predicted molar refractivity (Wildman–Crippen MR) is 157 cm³/mol. The van der Waals surface area contributed by atoms with Gasteiger partial charge in [-0.2, -0.15) is 9.97 Å². The van der Waals surface area contributed by atoms with Gasteiger partial charge in [0.1, 0.15) is 11.6 Å². The van der Waals surface area contributed by atoms with Gasteiger partial charge in [0.2, 0.25) is 11.9 Å². The molecule has 0 aliphatic heterocycles. The predicted octanol–water partition coefficient (Wildman–Crippen LogP) is 5.96. The van der Waals surface area contributed by atoms with Gasteiger partial charge >= 0.3 is 0 Å². The van der Waals surface area contributed by atoms with E-state index in [0.29, 0.717) is 0 Å². The number of hydrogen-bond donors (Lipinski definition) is 2. The molecular weight excluding hydrogens is 460 g/mol. The molecule has 2 N–H and O–H groups in total. The summed E-state index contributed by atoms with van der Waals surface area (Å²) >= 11 is 0. The third-order valence-corrected chi connectivity index (χ3v) is 6.71. The molecule has 0 aliphatic carbocycles. The summed E-state index contributed by atoms with van der Waals surface area (Å²) in [5, 5.41) is 9.28. The number of anilines is 4. The molecule has 37 heavy (non-hydrogen) atoms. The normalized spacial score (nSPS) is 11.1. The molecular formula is C29H40N8. The van der Waals surface area contributed by atoms with Crippen molar-refractivity contribution in [3.8, 4) is 0 Å². The number of benzene rings is 2. The fourth-order valence-electron chi connectivity index (χ4n) is 4.53. The number of unbranched alkanes of at least 4 members (excludes halogenated alkanes) is 2. The summed E-state index contributed by atoms with van der Waals surface area (Å²) in [6.07, 6.45) is 3.24. The van der Waals surface area contributed by atoms with Crippen LogP contribution in [0.1, 0.15) is 47.0 Å². The molecule has 0 unspecified atom stereocenters. The quantitative estimate of drug-likeness (QED) is 0.205. The Balaban J connectivity index is 1.33. The lowest BCUT2D eigenvalue weighted by atomic mass is 10.2. The van der Waals surface area contributed by atoms with Crippen molar-refractivity contribution in [1.29, 1.82) is 0 Å². The highest BCUT2D eigenvalue weighted by Gasteiger charge is 2.12. The molecule has 0 spiro atoms. The summed E-state index contributed by atoms with van der Waals surface area (Å²) in [5.74, 6) is 3.41. The van der Waals surface area contributed by atoms with Crippen LogP contribution in [0.5, 0.6) is 0 Å². The van der Waals surface area contributed by atoms with Gasteiger partial charge < -0.3 is 20.4 Å². The van der Waals surface area contributed by atoms with Gasteiger partial charge in [-0.05, 0) is 71.2 Å². The van der Waals surface area contributed by atoms with Gasteiger partial charge in [-0.1, -0.05) is 24.3 Å². The first kappa shape index (κ1) is 26.4. The summed E-state index contributed by atoms with van der Waals surface area (Å²) in [4.78, 5) is 23.6. The van der Waals surface area contributed by atoms with Crippen LogP contribution in [0.4, 0.5) is 23.5 Å². The van der Waals surface area contributed by atoms with Crippen LogP contribution in [0.2, 0.25) is 0 Å². The minimum absolute atomic E-state index is 0.788. The summed E-state index contributed by atoms with van der Waals surface area (Å²) < 4.78 is 0. The van der Waals surface area contributed by atoms with E-state index in [1.807, 2.05) is 24.3 Å². The van der Waals surface area contributed by atoms with E-state index in [-0.39, 0.29) is 0 Å². The summed E-state index contributed by atoms with van der Waals surface area (Å²) in [6, 6.07) is 16.4. The highest BCUT2D eigenvalue weighted by atomic mass is 15.3. The molecule has 4 aromatic rings. The summed E-state index contributed by atoms with van der Waals surface area (Å²) in [5.41, 5.74) is 1.96. The van der Waals surface area contributed by atoms with Gasteiger partial charge in [0.05, 0.1) is 11.0 Å². The molecule has 196 valence electrons. The van der Waals surface area contributed by atoms with Crippen molar-refractivity contribution < 1.29 is 0 Å². The number of nitrogens with zero attached hydrogens (tertiary/aromatic N) is 6. The van der Waals surface area contributed by atoms with Crippen molar-refractivity contribution in [2.75, 3.05) is 59.7 Å². The highest BCUT2D eigenvalue weighted by Crippen LogP contribution is 2.25. The maximum atomic E-state index is 4.86. The Morgan fingerprint density at radius 1 is 0.541 bits per heavy atom. The maximum absolute atomic E-state index is 4.86. The first-order valence-corrected chi connectivity index (χ1v) is 13.7. The van der Waals surface area contributed by atoms with Crippen molar-refractivity contribution in [1.82, 2.24) is 19.9 Å². The van der Waals surface area contributed by atoms with Gasteiger partial charge in [-0.25, -0.2) is 9.97 Å². The number of nitrogens with one attached hydrogen (secondary N) is 2. The van der Waals surface area contributed by atoms with E-state index in [4.69, 9.17) is 19.9 Å². The monoisotopic (exact) mass is 500 g/mol. The van der Waals surface area contributed by atoms with Crippen LogP contribution in [-0.2, 0) is 0 Å². The van der Waals surface area contributed by atoms with Crippen molar-refractivity contribution in [2.24, 2.45) is 0 Å². The van der Waals surface area contributed by atoms with E-state index in [1.165, 1.54) is 0 Å². The van der Waals surface area contributed by atoms with E-state index in [2.05, 4.69) is 72.4 Å². The average molecular weight is 501 g/mol. The Bertz CT molecular complexity index is 1180. The van der Waals surface area contributed by atoms with Crippen molar-refractivity contribution in [3.63, 3.8) is 0 Å². The number of rotatable bonds is 14. The lowest BCUT2D eigenvalue weighted by Gasteiger charge is -2.20. The molecule has 0 saturated heterocycles. The number of aromatic nitrogens is 4. The van der Waals surface area contributed by atoms with Crippen LogP contribution in [0.3, 0.4) is 0 Å². The first-order chi connectivity index (χ1) is 18.2. The number of fused-ring (bicyclic) bond motifs is 2. The van der Waals surface area contributed by atoms with Crippen LogP contribution < -0.4 is 20.4 Å². The summed E-state index contributed by atoms with van der Waals surface area (Å²) in [6.45, 7) is 13.9. The molecule has 2 heterocycles. The molecule has 2 aromatic heterocycles. The van der Waals surface area contributed by atoms with Crippen LogP contribution >= 0.6 is 0 Å². The fraction of sp³-hybridized carbons (Fsp3) is 0.448. The van der Waals surface area contributed by atoms with Crippen molar-refractivity contribution in [2.45, 2.75) is 47.0 Å². The van der Waals surface area contributed by atoms with E-state index in [0.717, 1.165) is 104 Å². The van der Waals surface area contributed by atoms with Gasteiger partial charge in [-0.3, -0.25) is 0 Å². The molecule has 0 bridgehead atoms. The molecule has 0 radical (unpaired) electrons. The topological polar surface area (TPSA) is 82.1 Å². The van der Waals surface area contributed by atoms with Crippen LogP contribution in [-0.4, -0.2) is 59.2 Å². The van der Waals surface area contributed by atoms with E-state index < -0.39 is 0 Å². The zero-order valence-electron chi connectivity index (χ0n) is 22.7. The molecule has 0 aliphatic rings. The van der Waals surface area contributed by atoms with Crippen LogP contribution in [0.25, 0.3) is 21.8 Å². The summed E-state index contributed by atoms with van der Waals surface area (Å²) in [7, 11) is 0. The minimum atomic E-state index is 0.788. The van der Waals surface area contributed by atoms with Crippen LogP contribution in [0, 0.1) is 0 Å². The molecule has 4 rings (SSSR count). The van der Waals surface area contributed by atoms with Gasteiger partial charge in [0.25, 0.3) is 0 Å². The van der Waals surface area contributed by atoms with Gasteiger partial charge in [0, 0.05) is 50.0 Å². The zero-order valence-corrected chi connectivity index (χ0v) is 22.7. The fourth-order valence-corrected chi connectivity index (χ4v) is 4.53. The number of para-hydroxylation sites is 2. The lowest BCUT2D eigenvalue weighted by molar-refractivity contribution is 0.718. The molecule has 8 heteroatoms. The van der Waals surface area contributed by atoms with Gasteiger partial charge in [-0.15, -0.1) is 0 Å². The van der Waals surface area contributed by atoms with Gasteiger partial charge in [0.15, 0.2) is 0 Å². The van der Waals surface area contributed by atoms with Crippen LogP contribution in [0.15, 0.2) is 48.5 Å². The smallest absolute Gasteiger partial charge is 0.227 e. The van der Waals surface area contributed by atoms with E-state index in [9.17, 15) is 0 Å². The Morgan fingerprint density at radius 3 is 1.35 bits per heavy atom. The average Bonchev–Trinajstić information content (AvgIpc) is 2.93. The third kappa shape index (κ3) is 6.37. The molecule has 2 aromatic carbocycles. The molecule has 8 nitrogen and oxygen atoms in total. The van der Waals surface area contributed by atoms with E-state index in [1.54, 1.807) is 0 Å². The zero-order chi connectivity index (χ0) is 26.0. The standard InChI is InChI=1S/C29H40N8/c1-5-36(6-2)28-32-24-18-12-10-16-22(24)26(34-28)30-20-14-9-15-21-31-27-23-17-11-13-19-25(23)33-29(35-27)37(7-3)8-4/h10-13,16-19H,5-9,14-15,20-21H2,1-4H3,(H,30,32,34)(H,31,33,35). The second-order valence-corrected chi connectivity index (χ2v) is 9.04. The molecule has 0 saturated carbocycles. The second-order valence-electron chi connectivity index (χ2n) is 9.04. The first-order valence-electron chi connectivity index (χ1n) is 13.7. The molecule has 0 amide bonds. The molecule has 0 atom stereocenters. The number of hydrogen-bond acceptors (Lipinski definition) is 8. The SMILES string of the molecule is CCN(CC)c1nc(NCCCCCNc2nc(N(CC)CC)nc3ccccc23)c2ccccc2n1. The largest absolute Gasteiger partial charge is 0.369 e. The Morgan fingerprint density at radius 2 is 0.946 bits per heavy atom. The van der Waals surface area contributed by atoms with Crippen molar-refractivity contribution >= 4 is 45.3 Å². The Labute approximate surface area is 220 Å². The Hall–Kier alpha value is -3.68. The Kier molecular flexibility index (Phi) is 9.29. The lowest BCUT2D eigenvalue weighted by Crippen LogP contribution is -2.24. The maximum Gasteiger partial charge on any atom is 0.227 e. The third-order valence-electron chi connectivity index (χ3n) is 6.71.